The van der Waals surface area contributed by atoms with Crippen LogP contribution in [0.3, 0.4) is 0 Å². The van der Waals surface area contributed by atoms with E-state index in [0.717, 1.165) is 6.07 Å². The van der Waals surface area contributed by atoms with Gasteiger partial charge >= 0.3 is 0 Å². The lowest BCUT2D eigenvalue weighted by atomic mass is 9.91. The molecule has 0 bridgehead atoms. The maximum absolute atomic E-state index is 12.7. The highest BCUT2D eigenvalue weighted by atomic mass is 16.5. The Morgan fingerprint density at radius 3 is 2.59 bits per heavy atom. The lowest BCUT2D eigenvalue weighted by Crippen LogP contribution is -2.37. The number of aryl methyl sites for hydroxylation is 2. The molecule has 12 heteroatoms. The second-order valence-corrected chi connectivity index (χ2v) is 7.41. The van der Waals surface area contributed by atoms with E-state index in [2.05, 4.69) is 20.8 Å². The molecule has 2 amide bonds. The van der Waals surface area contributed by atoms with Crippen LogP contribution < -0.4 is 20.8 Å². The highest BCUT2D eigenvalue weighted by Gasteiger charge is 2.27. The molecule has 3 aromatic rings. The van der Waals surface area contributed by atoms with Gasteiger partial charge in [0.05, 0.1) is 26.1 Å². The summed E-state index contributed by atoms with van der Waals surface area (Å²) in [4.78, 5) is 40.8. The second kappa shape index (κ2) is 10.5. The van der Waals surface area contributed by atoms with Crippen molar-refractivity contribution in [1.82, 2.24) is 20.8 Å². The minimum Gasteiger partial charge on any atom is -0.504 e. The first-order valence-electron chi connectivity index (χ1n) is 10.2. The summed E-state index contributed by atoms with van der Waals surface area (Å²) in [5.41, 5.74) is -0.226. The van der Waals surface area contributed by atoms with E-state index in [4.69, 9.17) is 13.7 Å². The van der Waals surface area contributed by atoms with E-state index in [1.165, 1.54) is 32.2 Å². The third-order valence-corrected chi connectivity index (χ3v) is 4.84. The molecule has 1 aromatic carbocycles. The smallest absolute Gasteiger partial charge is 0.246 e. The van der Waals surface area contributed by atoms with Crippen molar-refractivity contribution in [3.05, 3.63) is 63.3 Å². The summed E-state index contributed by atoms with van der Waals surface area (Å²) < 4.78 is 15.6. The van der Waals surface area contributed by atoms with Gasteiger partial charge < -0.3 is 34.5 Å². The number of methoxy groups -OCH3 is 1. The van der Waals surface area contributed by atoms with E-state index in [-0.39, 0.29) is 48.4 Å². The predicted octanol–water partition coefficient (Wildman–Crippen LogP) is 1.01. The number of carbonyl (C=O) groups excluding carboxylic acids is 2. The SMILES string of the molecule is COc1cc([C@@H](CC(=O)NCC(=O)NCc2nc(C)no2)c2oc(C)cc(=O)c2O)ccc1O. The molecule has 0 spiro atoms. The van der Waals surface area contributed by atoms with Gasteiger partial charge in [-0.05, 0) is 31.5 Å². The Hall–Kier alpha value is -4.35. The van der Waals surface area contributed by atoms with E-state index < -0.39 is 28.9 Å². The maximum atomic E-state index is 12.7. The monoisotopic (exact) mass is 472 g/mol. The van der Waals surface area contributed by atoms with Crippen molar-refractivity contribution in [1.29, 1.82) is 0 Å². The molecule has 180 valence electrons. The van der Waals surface area contributed by atoms with E-state index in [1.807, 2.05) is 0 Å². The van der Waals surface area contributed by atoms with E-state index in [9.17, 15) is 24.6 Å². The van der Waals surface area contributed by atoms with Crippen LogP contribution in [-0.4, -0.2) is 45.8 Å². The number of hydrogen-bond acceptors (Lipinski definition) is 10. The van der Waals surface area contributed by atoms with Crippen molar-refractivity contribution in [3.8, 4) is 17.2 Å². The molecule has 3 rings (SSSR count). The largest absolute Gasteiger partial charge is 0.504 e. The van der Waals surface area contributed by atoms with Gasteiger partial charge in [0.25, 0.3) is 0 Å². The lowest BCUT2D eigenvalue weighted by Gasteiger charge is -2.19. The van der Waals surface area contributed by atoms with Gasteiger partial charge in [-0.15, -0.1) is 0 Å². The minimum absolute atomic E-state index is 0.00773. The van der Waals surface area contributed by atoms with Gasteiger partial charge in [0.15, 0.2) is 23.1 Å². The number of aromatic hydroxyl groups is 2. The molecule has 0 saturated carbocycles. The van der Waals surface area contributed by atoms with Crippen molar-refractivity contribution < 1.29 is 33.5 Å². The first kappa shape index (κ1) is 24.3. The topological polar surface area (TPSA) is 177 Å². The van der Waals surface area contributed by atoms with Gasteiger partial charge in [-0.3, -0.25) is 14.4 Å². The highest BCUT2D eigenvalue weighted by Crippen LogP contribution is 2.37. The summed E-state index contributed by atoms with van der Waals surface area (Å²) >= 11 is 0. The van der Waals surface area contributed by atoms with Crippen LogP contribution in [0.4, 0.5) is 0 Å². The molecular formula is C22H24N4O8. The van der Waals surface area contributed by atoms with Crippen LogP contribution in [0, 0.1) is 13.8 Å². The number of hydrogen-bond donors (Lipinski definition) is 4. The quantitative estimate of drug-likeness (QED) is 0.351. The Morgan fingerprint density at radius 2 is 1.91 bits per heavy atom. The predicted molar refractivity (Wildman–Crippen MR) is 116 cm³/mol. The number of phenols is 1. The molecule has 1 atom stereocenters. The summed E-state index contributed by atoms with van der Waals surface area (Å²) in [6.45, 7) is 2.85. The van der Waals surface area contributed by atoms with Gasteiger partial charge in [-0.1, -0.05) is 11.2 Å². The number of nitrogens with one attached hydrogen (secondary N) is 2. The van der Waals surface area contributed by atoms with Gasteiger partial charge in [0, 0.05) is 12.5 Å². The Morgan fingerprint density at radius 1 is 1.15 bits per heavy atom. The fraction of sp³-hybridized carbons (Fsp3) is 0.318. The molecule has 0 radical (unpaired) electrons. The molecule has 0 aliphatic rings. The molecule has 2 heterocycles. The van der Waals surface area contributed by atoms with Crippen LogP contribution in [0.5, 0.6) is 17.2 Å². The first-order valence-corrected chi connectivity index (χ1v) is 10.2. The number of aromatic nitrogens is 2. The van der Waals surface area contributed by atoms with Crippen LogP contribution in [0.25, 0.3) is 0 Å². The number of carbonyl (C=O) groups is 2. The van der Waals surface area contributed by atoms with Gasteiger partial charge in [0.2, 0.25) is 28.9 Å². The molecule has 0 aliphatic heterocycles. The average Bonchev–Trinajstić information content (AvgIpc) is 3.22. The van der Waals surface area contributed by atoms with E-state index in [1.54, 1.807) is 6.92 Å². The zero-order valence-electron chi connectivity index (χ0n) is 18.7. The van der Waals surface area contributed by atoms with Gasteiger partial charge in [0.1, 0.15) is 5.76 Å². The number of rotatable bonds is 9. The van der Waals surface area contributed by atoms with Crippen LogP contribution in [-0.2, 0) is 16.1 Å². The molecular weight excluding hydrogens is 448 g/mol. The maximum Gasteiger partial charge on any atom is 0.246 e. The Labute approximate surface area is 193 Å². The minimum atomic E-state index is -0.911. The molecule has 34 heavy (non-hydrogen) atoms. The number of phenolic OH excluding ortho intramolecular Hbond substituents is 1. The zero-order chi connectivity index (χ0) is 24.8. The molecule has 0 saturated heterocycles. The molecule has 4 N–H and O–H groups in total. The third kappa shape index (κ3) is 5.91. The molecule has 12 nitrogen and oxygen atoms in total. The number of ether oxygens (including phenoxy) is 1. The van der Waals surface area contributed by atoms with Crippen molar-refractivity contribution >= 4 is 11.8 Å². The number of amides is 2. The van der Waals surface area contributed by atoms with Crippen LogP contribution in [0.1, 0.15) is 41.1 Å². The molecule has 0 unspecified atom stereocenters. The lowest BCUT2D eigenvalue weighted by molar-refractivity contribution is -0.126. The summed E-state index contributed by atoms with van der Waals surface area (Å²) in [6, 6.07) is 5.46. The van der Waals surface area contributed by atoms with Crippen molar-refractivity contribution in [2.24, 2.45) is 0 Å². The third-order valence-electron chi connectivity index (χ3n) is 4.84. The standard InChI is InChI=1S/C22H24N4O8/c1-11-6-16(28)21(31)22(33-11)14(13-4-5-15(27)17(7-13)32-3)8-18(29)23-9-19(30)24-10-20-25-12(2)26-34-20/h4-7,14,27,31H,8-10H2,1-3H3,(H,23,29)(H,24,30)/t14-/m1/s1. The van der Waals surface area contributed by atoms with E-state index in [0.29, 0.717) is 11.4 Å². The van der Waals surface area contributed by atoms with E-state index >= 15 is 0 Å². The zero-order valence-corrected chi connectivity index (χ0v) is 18.7. The molecule has 2 aromatic heterocycles. The highest BCUT2D eigenvalue weighted by molar-refractivity contribution is 5.85. The Kier molecular flexibility index (Phi) is 7.51. The van der Waals surface area contributed by atoms with Crippen molar-refractivity contribution in [3.63, 3.8) is 0 Å². The summed E-state index contributed by atoms with van der Waals surface area (Å²) in [5, 5.41) is 28.9. The summed E-state index contributed by atoms with van der Waals surface area (Å²) in [6.07, 6.45) is -0.274. The normalized spacial score (nSPS) is 11.6. The summed E-state index contributed by atoms with van der Waals surface area (Å²) in [7, 11) is 1.36. The van der Waals surface area contributed by atoms with Crippen LogP contribution >= 0.6 is 0 Å². The van der Waals surface area contributed by atoms with Crippen molar-refractivity contribution in [2.75, 3.05) is 13.7 Å². The van der Waals surface area contributed by atoms with Crippen LogP contribution in [0.15, 0.2) is 38.0 Å². The second-order valence-electron chi connectivity index (χ2n) is 7.41. The number of nitrogens with zero attached hydrogens (tertiary/aromatic N) is 2. The summed E-state index contributed by atoms with van der Waals surface area (Å²) in [5.74, 6) is -1.81. The molecule has 0 aliphatic carbocycles. The van der Waals surface area contributed by atoms with Crippen LogP contribution in [0.2, 0.25) is 0 Å². The Balaban J connectivity index is 1.75. The fourth-order valence-corrected chi connectivity index (χ4v) is 3.22. The fourth-order valence-electron chi connectivity index (χ4n) is 3.22. The van der Waals surface area contributed by atoms with Gasteiger partial charge in [-0.25, -0.2) is 0 Å². The Bertz CT molecular complexity index is 1250. The molecule has 0 fully saturated rings. The first-order chi connectivity index (χ1) is 16.2. The van der Waals surface area contributed by atoms with Gasteiger partial charge in [-0.2, -0.15) is 4.98 Å². The van der Waals surface area contributed by atoms with Crippen molar-refractivity contribution in [2.45, 2.75) is 32.7 Å². The average molecular weight is 472 g/mol. The number of benzene rings is 1.